The number of ketones is 1. The minimum atomic E-state index is 0.138. The Balaban J connectivity index is 1.93. The number of ether oxygens (including phenoxy) is 1. The highest BCUT2D eigenvalue weighted by atomic mass is 79.9. The molecule has 0 spiro atoms. The summed E-state index contributed by atoms with van der Waals surface area (Å²) in [5, 5.41) is 0. The second kappa shape index (κ2) is 5.41. The topological polar surface area (TPSA) is 26.3 Å². The smallest absolute Gasteiger partial charge is 0.167 e. The molecular formula is C17H15BrO2. The molecule has 1 aliphatic rings. The summed E-state index contributed by atoms with van der Waals surface area (Å²) in [6.07, 6.45) is 1.30. The van der Waals surface area contributed by atoms with E-state index in [9.17, 15) is 4.79 Å². The second-order valence-electron chi connectivity index (χ2n) is 5.07. The van der Waals surface area contributed by atoms with E-state index in [2.05, 4.69) is 22.0 Å². The molecule has 3 rings (SSSR count). The van der Waals surface area contributed by atoms with E-state index >= 15 is 0 Å². The summed E-state index contributed by atoms with van der Waals surface area (Å²) in [4.78, 5) is 12.5. The van der Waals surface area contributed by atoms with E-state index in [1.165, 1.54) is 5.56 Å². The number of hydrogen-bond acceptors (Lipinski definition) is 2. The van der Waals surface area contributed by atoms with Crippen LogP contribution in [0, 0.1) is 6.92 Å². The van der Waals surface area contributed by atoms with Crippen LogP contribution < -0.4 is 4.74 Å². The fourth-order valence-corrected chi connectivity index (χ4v) is 3.18. The summed E-state index contributed by atoms with van der Waals surface area (Å²) >= 11 is 3.51. The number of carbonyl (C=O) groups excluding carboxylic acids is 1. The molecule has 102 valence electrons. The zero-order chi connectivity index (χ0) is 14.1. The van der Waals surface area contributed by atoms with Gasteiger partial charge in [-0.25, -0.2) is 0 Å². The van der Waals surface area contributed by atoms with Gasteiger partial charge in [-0.1, -0.05) is 40.2 Å². The van der Waals surface area contributed by atoms with Crippen molar-refractivity contribution in [2.45, 2.75) is 19.8 Å². The van der Waals surface area contributed by atoms with Crippen molar-refractivity contribution < 1.29 is 9.53 Å². The lowest BCUT2D eigenvalue weighted by atomic mass is 9.97. The first-order chi connectivity index (χ1) is 9.65. The molecule has 1 heterocycles. The van der Waals surface area contributed by atoms with Gasteiger partial charge >= 0.3 is 0 Å². The third-order valence-corrected chi connectivity index (χ3v) is 4.08. The van der Waals surface area contributed by atoms with E-state index in [0.717, 1.165) is 33.3 Å². The molecule has 20 heavy (non-hydrogen) atoms. The van der Waals surface area contributed by atoms with Gasteiger partial charge in [0.2, 0.25) is 0 Å². The van der Waals surface area contributed by atoms with Crippen LogP contribution in [0.25, 0.3) is 0 Å². The molecule has 2 aromatic carbocycles. The fourth-order valence-electron chi connectivity index (χ4n) is 2.63. The number of hydrogen-bond donors (Lipinski definition) is 0. The van der Waals surface area contributed by atoms with Crippen LogP contribution in [-0.4, -0.2) is 12.4 Å². The van der Waals surface area contributed by atoms with Crippen molar-refractivity contribution in [3.05, 3.63) is 63.1 Å². The van der Waals surface area contributed by atoms with Gasteiger partial charge in [0.15, 0.2) is 5.78 Å². The van der Waals surface area contributed by atoms with E-state index in [0.29, 0.717) is 13.0 Å². The van der Waals surface area contributed by atoms with Crippen LogP contribution in [0.15, 0.2) is 40.9 Å². The number of fused-ring (bicyclic) bond motifs is 1. The number of aryl methyl sites for hydroxylation is 1. The molecule has 0 unspecified atom stereocenters. The third kappa shape index (κ3) is 2.50. The Labute approximate surface area is 126 Å². The number of carbonyl (C=O) groups is 1. The van der Waals surface area contributed by atoms with Crippen LogP contribution in [0.4, 0.5) is 0 Å². The molecular weight excluding hydrogens is 316 g/mol. The highest BCUT2D eigenvalue weighted by Gasteiger charge is 2.20. The first kappa shape index (κ1) is 13.4. The molecule has 0 saturated heterocycles. The van der Waals surface area contributed by atoms with Crippen molar-refractivity contribution in [3.63, 3.8) is 0 Å². The van der Waals surface area contributed by atoms with Crippen molar-refractivity contribution >= 4 is 21.7 Å². The van der Waals surface area contributed by atoms with E-state index in [-0.39, 0.29) is 5.78 Å². The van der Waals surface area contributed by atoms with Crippen LogP contribution >= 0.6 is 15.9 Å². The number of halogens is 1. The molecule has 0 N–H and O–H groups in total. The molecule has 0 aliphatic carbocycles. The lowest BCUT2D eigenvalue weighted by Gasteiger charge is -2.09. The minimum Gasteiger partial charge on any atom is -0.493 e. The van der Waals surface area contributed by atoms with Gasteiger partial charge in [0.05, 0.1) is 6.61 Å². The van der Waals surface area contributed by atoms with Gasteiger partial charge in [-0.05, 0) is 30.2 Å². The molecule has 0 bridgehead atoms. The maximum absolute atomic E-state index is 12.5. The zero-order valence-electron chi connectivity index (χ0n) is 11.3. The Morgan fingerprint density at radius 1 is 1.30 bits per heavy atom. The second-order valence-corrected chi connectivity index (χ2v) is 5.98. The largest absolute Gasteiger partial charge is 0.493 e. The minimum absolute atomic E-state index is 0.138. The molecule has 0 atom stereocenters. The summed E-state index contributed by atoms with van der Waals surface area (Å²) in [6.45, 7) is 2.67. The average molecular weight is 331 g/mol. The van der Waals surface area contributed by atoms with Crippen molar-refractivity contribution in [2.75, 3.05) is 6.61 Å². The SMILES string of the molecule is Cc1ccccc1C(=O)Cc1cc(Br)cc2c1OCC2. The lowest BCUT2D eigenvalue weighted by Crippen LogP contribution is -2.06. The number of rotatable bonds is 3. The van der Waals surface area contributed by atoms with Crippen LogP contribution in [0.2, 0.25) is 0 Å². The Morgan fingerprint density at radius 2 is 2.10 bits per heavy atom. The first-order valence-electron chi connectivity index (χ1n) is 6.68. The molecule has 2 nitrogen and oxygen atoms in total. The van der Waals surface area contributed by atoms with Crippen LogP contribution in [0.1, 0.15) is 27.0 Å². The maximum atomic E-state index is 12.5. The Bertz CT molecular complexity index is 677. The highest BCUT2D eigenvalue weighted by molar-refractivity contribution is 9.10. The normalized spacial score (nSPS) is 12.9. The molecule has 0 fully saturated rings. The predicted octanol–water partition coefficient (Wildman–Crippen LogP) is 4.12. The van der Waals surface area contributed by atoms with E-state index in [1.807, 2.05) is 37.3 Å². The van der Waals surface area contributed by atoms with Gasteiger partial charge in [0, 0.05) is 28.4 Å². The molecule has 2 aromatic rings. The highest BCUT2D eigenvalue weighted by Crippen LogP contribution is 2.33. The van der Waals surface area contributed by atoms with Crippen molar-refractivity contribution in [2.24, 2.45) is 0 Å². The Kier molecular flexibility index (Phi) is 3.62. The van der Waals surface area contributed by atoms with Gasteiger partial charge in [0.25, 0.3) is 0 Å². The summed E-state index contributed by atoms with van der Waals surface area (Å²) < 4.78 is 6.69. The van der Waals surface area contributed by atoms with Gasteiger partial charge < -0.3 is 4.74 Å². The van der Waals surface area contributed by atoms with Gasteiger partial charge in [0.1, 0.15) is 5.75 Å². The van der Waals surface area contributed by atoms with Crippen LogP contribution in [-0.2, 0) is 12.8 Å². The van der Waals surface area contributed by atoms with Crippen molar-refractivity contribution in [3.8, 4) is 5.75 Å². The lowest BCUT2D eigenvalue weighted by molar-refractivity contribution is 0.0991. The maximum Gasteiger partial charge on any atom is 0.167 e. The van der Waals surface area contributed by atoms with Crippen molar-refractivity contribution in [1.29, 1.82) is 0 Å². The fraction of sp³-hybridized carbons (Fsp3) is 0.235. The third-order valence-electron chi connectivity index (χ3n) is 3.62. The van der Waals surface area contributed by atoms with Crippen LogP contribution in [0.3, 0.4) is 0 Å². The number of benzene rings is 2. The summed E-state index contributed by atoms with van der Waals surface area (Å²) in [5.41, 5.74) is 3.97. The van der Waals surface area contributed by atoms with Gasteiger partial charge in [-0.15, -0.1) is 0 Å². The number of Topliss-reactive ketones (excluding diaryl/α,β-unsaturated/α-hetero) is 1. The summed E-state index contributed by atoms with van der Waals surface area (Å²) in [7, 11) is 0. The summed E-state index contributed by atoms with van der Waals surface area (Å²) in [5.74, 6) is 1.04. The molecule has 0 radical (unpaired) electrons. The van der Waals surface area contributed by atoms with Gasteiger partial charge in [-0.2, -0.15) is 0 Å². The molecule has 0 saturated carbocycles. The van der Waals surface area contributed by atoms with Crippen LogP contribution in [0.5, 0.6) is 5.75 Å². The first-order valence-corrected chi connectivity index (χ1v) is 7.47. The zero-order valence-corrected chi connectivity index (χ0v) is 12.9. The standard InChI is InChI=1S/C17H15BrO2/c1-11-4-2-3-5-15(11)16(19)10-13-9-14(18)8-12-6-7-20-17(12)13/h2-5,8-9H,6-7,10H2,1H3. The Morgan fingerprint density at radius 3 is 2.90 bits per heavy atom. The van der Waals surface area contributed by atoms with E-state index in [1.54, 1.807) is 0 Å². The van der Waals surface area contributed by atoms with Gasteiger partial charge in [-0.3, -0.25) is 4.79 Å². The van der Waals surface area contributed by atoms with E-state index in [4.69, 9.17) is 4.74 Å². The molecule has 3 heteroatoms. The van der Waals surface area contributed by atoms with E-state index < -0.39 is 0 Å². The summed E-state index contributed by atoms with van der Waals surface area (Å²) in [6, 6.07) is 11.8. The quantitative estimate of drug-likeness (QED) is 0.791. The molecule has 0 amide bonds. The average Bonchev–Trinajstić information content (AvgIpc) is 2.87. The molecule has 1 aliphatic heterocycles. The van der Waals surface area contributed by atoms with Crippen molar-refractivity contribution in [1.82, 2.24) is 0 Å². The Hall–Kier alpha value is -1.61. The predicted molar refractivity (Wildman–Crippen MR) is 82.6 cm³/mol. The monoisotopic (exact) mass is 330 g/mol. The molecule has 0 aromatic heterocycles.